The molecule has 0 aliphatic carbocycles. The zero-order chi connectivity index (χ0) is 13.5. The average Bonchev–Trinajstić information content (AvgIpc) is 2.62. The van der Waals surface area contributed by atoms with Crippen LogP contribution < -0.4 is 10.6 Å². The van der Waals surface area contributed by atoms with E-state index < -0.39 is 0 Å². The molecule has 4 nitrogen and oxygen atoms in total. The van der Waals surface area contributed by atoms with E-state index in [1.54, 1.807) is 0 Å². The van der Waals surface area contributed by atoms with E-state index in [9.17, 15) is 0 Å². The van der Waals surface area contributed by atoms with Gasteiger partial charge in [-0.15, -0.1) is 0 Å². The zero-order valence-corrected chi connectivity index (χ0v) is 13.6. The van der Waals surface area contributed by atoms with Crippen molar-refractivity contribution < 1.29 is 0 Å². The quantitative estimate of drug-likeness (QED) is 0.620. The second-order valence-electron chi connectivity index (χ2n) is 4.71. The van der Waals surface area contributed by atoms with Gasteiger partial charge in [0.25, 0.3) is 0 Å². The van der Waals surface area contributed by atoms with Gasteiger partial charge in [0.1, 0.15) is 0 Å². The summed E-state index contributed by atoms with van der Waals surface area (Å²) in [4.78, 5) is 0. The van der Waals surface area contributed by atoms with Gasteiger partial charge < -0.3 is 10.6 Å². The Bertz CT molecular complexity index is 370. The Balaban J connectivity index is 2.13. The highest BCUT2D eigenvalue weighted by Crippen LogP contribution is 2.13. The van der Waals surface area contributed by atoms with Gasteiger partial charge in [-0.2, -0.15) is 5.10 Å². The highest BCUT2D eigenvalue weighted by Gasteiger charge is 2.01. The molecule has 0 aliphatic rings. The molecule has 1 heterocycles. The number of thiocarbonyl (C=S) groups is 1. The lowest BCUT2D eigenvalue weighted by Gasteiger charge is -2.11. The maximum absolute atomic E-state index is 5.18. The Labute approximate surface area is 123 Å². The molecule has 0 radical (unpaired) electrons. The summed E-state index contributed by atoms with van der Waals surface area (Å²) < 4.78 is 3.01. The SMILES string of the molecule is Cc1nn(CCCNC(=S)NCC(C)C)cc1Br. The summed E-state index contributed by atoms with van der Waals surface area (Å²) >= 11 is 8.63. The van der Waals surface area contributed by atoms with Crippen LogP contribution in [0.1, 0.15) is 26.0 Å². The van der Waals surface area contributed by atoms with Crippen LogP contribution >= 0.6 is 28.1 Å². The topological polar surface area (TPSA) is 41.9 Å². The van der Waals surface area contributed by atoms with Crippen molar-refractivity contribution in [2.24, 2.45) is 5.92 Å². The number of nitrogens with one attached hydrogen (secondary N) is 2. The van der Waals surface area contributed by atoms with Gasteiger partial charge in [-0.25, -0.2) is 0 Å². The molecule has 102 valence electrons. The smallest absolute Gasteiger partial charge is 0.166 e. The maximum Gasteiger partial charge on any atom is 0.166 e. The largest absolute Gasteiger partial charge is 0.363 e. The molecule has 1 aromatic rings. The van der Waals surface area contributed by atoms with E-state index in [1.807, 2.05) is 17.8 Å². The number of aromatic nitrogens is 2. The summed E-state index contributed by atoms with van der Waals surface area (Å²) in [6.45, 7) is 8.98. The second kappa shape index (κ2) is 7.74. The van der Waals surface area contributed by atoms with E-state index in [1.165, 1.54) is 0 Å². The monoisotopic (exact) mass is 332 g/mol. The standard InChI is InChI=1S/C12H21BrN4S/c1-9(2)7-15-12(18)14-5-4-6-17-8-11(13)10(3)16-17/h8-9H,4-7H2,1-3H3,(H2,14,15,18). The molecule has 0 aliphatic heterocycles. The second-order valence-corrected chi connectivity index (χ2v) is 5.97. The average molecular weight is 333 g/mol. The lowest BCUT2D eigenvalue weighted by atomic mass is 10.2. The van der Waals surface area contributed by atoms with Gasteiger partial charge in [0.15, 0.2) is 5.11 Å². The molecule has 0 amide bonds. The first-order valence-electron chi connectivity index (χ1n) is 6.20. The van der Waals surface area contributed by atoms with Crippen molar-refractivity contribution >= 4 is 33.3 Å². The Morgan fingerprint density at radius 1 is 1.50 bits per heavy atom. The number of aryl methyl sites for hydroxylation is 2. The Hall–Kier alpha value is -0.620. The molecule has 0 spiro atoms. The Morgan fingerprint density at radius 2 is 2.22 bits per heavy atom. The first-order chi connectivity index (χ1) is 8.49. The predicted octanol–water partition coefficient (Wildman–Crippen LogP) is 2.46. The molecule has 0 unspecified atom stereocenters. The summed E-state index contributed by atoms with van der Waals surface area (Å²) in [6.07, 6.45) is 3.00. The normalized spacial score (nSPS) is 10.7. The third kappa shape index (κ3) is 5.82. The number of hydrogen-bond donors (Lipinski definition) is 2. The minimum Gasteiger partial charge on any atom is -0.363 e. The van der Waals surface area contributed by atoms with E-state index in [2.05, 4.69) is 45.5 Å². The van der Waals surface area contributed by atoms with Crippen LogP contribution in [0.4, 0.5) is 0 Å². The van der Waals surface area contributed by atoms with Crippen LogP contribution in [-0.2, 0) is 6.54 Å². The van der Waals surface area contributed by atoms with Gasteiger partial charge in [0.05, 0.1) is 10.2 Å². The van der Waals surface area contributed by atoms with Crippen LogP contribution in [-0.4, -0.2) is 28.0 Å². The van der Waals surface area contributed by atoms with Gasteiger partial charge in [-0.1, -0.05) is 13.8 Å². The molecule has 0 fully saturated rings. The minimum atomic E-state index is 0.606. The molecule has 0 aromatic carbocycles. The molecule has 18 heavy (non-hydrogen) atoms. The zero-order valence-electron chi connectivity index (χ0n) is 11.2. The summed E-state index contributed by atoms with van der Waals surface area (Å²) in [5, 5.41) is 11.5. The molecule has 0 saturated heterocycles. The maximum atomic E-state index is 5.18. The van der Waals surface area contributed by atoms with Crippen LogP contribution in [0.15, 0.2) is 10.7 Å². The third-order valence-electron chi connectivity index (χ3n) is 2.41. The third-order valence-corrected chi connectivity index (χ3v) is 3.47. The van der Waals surface area contributed by atoms with Crippen molar-refractivity contribution in [3.05, 3.63) is 16.4 Å². The van der Waals surface area contributed by atoms with Crippen LogP contribution in [0.5, 0.6) is 0 Å². The molecule has 1 rings (SSSR count). The summed E-state index contributed by atoms with van der Waals surface area (Å²) in [6, 6.07) is 0. The van der Waals surface area contributed by atoms with E-state index >= 15 is 0 Å². The van der Waals surface area contributed by atoms with Crippen LogP contribution in [0, 0.1) is 12.8 Å². The van der Waals surface area contributed by atoms with Crippen LogP contribution in [0.2, 0.25) is 0 Å². The lowest BCUT2D eigenvalue weighted by molar-refractivity contribution is 0.565. The van der Waals surface area contributed by atoms with Crippen molar-refractivity contribution in [2.75, 3.05) is 13.1 Å². The molecule has 0 bridgehead atoms. The molecular weight excluding hydrogens is 312 g/mol. The molecule has 0 saturated carbocycles. The fraction of sp³-hybridized carbons (Fsp3) is 0.667. The number of nitrogens with zero attached hydrogens (tertiary/aromatic N) is 2. The van der Waals surface area contributed by atoms with Crippen LogP contribution in [0.3, 0.4) is 0 Å². The highest BCUT2D eigenvalue weighted by atomic mass is 79.9. The fourth-order valence-corrected chi connectivity index (χ4v) is 1.91. The highest BCUT2D eigenvalue weighted by molar-refractivity contribution is 9.10. The van der Waals surface area contributed by atoms with Gasteiger partial charge in [0, 0.05) is 25.8 Å². The predicted molar refractivity (Wildman–Crippen MR) is 82.7 cm³/mol. The van der Waals surface area contributed by atoms with Gasteiger partial charge >= 0.3 is 0 Å². The van der Waals surface area contributed by atoms with Crippen LogP contribution in [0.25, 0.3) is 0 Å². The first-order valence-corrected chi connectivity index (χ1v) is 7.40. The molecule has 6 heteroatoms. The van der Waals surface area contributed by atoms with Crippen molar-refractivity contribution in [2.45, 2.75) is 33.7 Å². The van der Waals surface area contributed by atoms with Crippen molar-refractivity contribution in [3.63, 3.8) is 0 Å². The lowest BCUT2D eigenvalue weighted by Crippen LogP contribution is -2.37. The Kier molecular flexibility index (Phi) is 6.63. The Morgan fingerprint density at radius 3 is 2.78 bits per heavy atom. The minimum absolute atomic E-state index is 0.606. The van der Waals surface area contributed by atoms with Crippen molar-refractivity contribution in [1.82, 2.24) is 20.4 Å². The summed E-state index contributed by atoms with van der Waals surface area (Å²) in [5.41, 5.74) is 1.03. The van der Waals surface area contributed by atoms with Gasteiger partial charge in [0.2, 0.25) is 0 Å². The van der Waals surface area contributed by atoms with Crippen molar-refractivity contribution in [1.29, 1.82) is 0 Å². The van der Waals surface area contributed by atoms with E-state index in [0.29, 0.717) is 5.92 Å². The van der Waals surface area contributed by atoms with E-state index in [4.69, 9.17) is 12.2 Å². The van der Waals surface area contributed by atoms with Crippen molar-refractivity contribution in [3.8, 4) is 0 Å². The van der Waals surface area contributed by atoms with Gasteiger partial charge in [-0.05, 0) is 47.4 Å². The molecule has 0 atom stereocenters. The first kappa shape index (κ1) is 15.4. The molecule has 1 aromatic heterocycles. The fourth-order valence-electron chi connectivity index (χ4n) is 1.41. The van der Waals surface area contributed by atoms with Gasteiger partial charge in [-0.3, -0.25) is 4.68 Å². The number of halogens is 1. The molecule has 2 N–H and O–H groups in total. The summed E-state index contributed by atoms with van der Waals surface area (Å²) in [7, 11) is 0. The molecular formula is C12H21BrN4S. The van der Waals surface area contributed by atoms with E-state index in [0.717, 1.165) is 41.3 Å². The number of rotatable bonds is 6. The number of hydrogen-bond acceptors (Lipinski definition) is 2. The van der Waals surface area contributed by atoms with E-state index in [-0.39, 0.29) is 0 Å². The summed E-state index contributed by atoms with van der Waals surface area (Å²) in [5.74, 6) is 0.606.